The van der Waals surface area contributed by atoms with Gasteiger partial charge in [-0.25, -0.2) is 4.79 Å². The number of piperidine rings is 1. The molecule has 1 aliphatic carbocycles. The zero-order valence-corrected chi connectivity index (χ0v) is 14.2. The van der Waals surface area contributed by atoms with Gasteiger partial charge in [-0.2, -0.15) is 0 Å². The number of hydrogen-bond acceptors (Lipinski definition) is 2. The predicted molar refractivity (Wildman–Crippen MR) is 88.0 cm³/mol. The van der Waals surface area contributed by atoms with Crippen LogP contribution in [-0.4, -0.2) is 29.7 Å². The number of rotatable bonds is 0. The Balaban J connectivity index is 1.75. The van der Waals surface area contributed by atoms with Gasteiger partial charge in [0.25, 0.3) is 0 Å². The molecule has 3 heteroatoms. The summed E-state index contributed by atoms with van der Waals surface area (Å²) in [6.45, 7) is 9.66. The van der Waals surface area contributed by atoms with Gasteiger partial charge in [-0.3, -0.25) is 0 Å². The van der Waals surface area contributed by atoms with Crippen LogP contribution in [0.2, 0.25) is 0 Å². The summed E-state index contributed by atoms with van der Waals surface area (Å²) in [6, 6.07) is 8.84. The van der Waals surface area contributed by atoms with Crippen LogP contribution in [0.5, 0.6) is 0 Å². The van der Waals surface area contributed by atoms with Gasteiger partial charge in [0.05, 0.1) is 0 Å². The van der Waals surface area contributed by atoms with Crippen molar-refractivity contribution in [3.05, 3.63) is 35.4 Å². The van der Waals surface area contributed by atoms with Crippen molar-refractivity contribution in [3.63, 3.8) is 0 Å². The molecule has 0 aromatic heterocycles. The van der Waals surface area contributed by atoms with E-state index in [0.29, 0.717) is 5.92 Å². The fraction of sp³-hybridized carbons (Fsp3) is 0.632. The van der Waals surface area contributed by atoms with Gasteiger partial charge in [0, 0.05) is 18.5 Å². The predicted octanol–water partition coefficient (Wildman–Crippen LogP) is 4.15. The maximum absolute atomic E-state index is 12.3. The first-order valence-corrected chi connectivity index (χ1v) is 8.38. The number of nitrogens with zero attached hydrogens (tertiary/aromatic N) is 1. The van der Waals surface area contributed by atoms with E-state index in [1.165, 1.54) is 24.0 Å². The van der Waals surface area contributed by atoms with E-state index in [0.717, 1.165) is 19.5 Å². The van der Waals surface area contributed by atoms with Crippen LogP contribution in [0.15, 0.2) is 24.3 Å². The quantitative estimate of drug-likeness (QED) is 0.720. The van der Waals surface area contributed by atoms with Crippen molar-refractivity contribution in [2.75, 3.05) is 13.1 Å². The zero-order chi connectivity index (χ0) is 16.0. The molecule has 1 aliphatic heterocycles. The third kappa shape index (κ3) is 2.62. The number of fused-ring (bicyclic) bond motifs is 2. The molecule has 1 spiro atoms. The fourth-order valence-electron chi connectivity index (χ4n) is 4.16. The molecule has 2 aliphatic rings. The van der Waals surface area contributed by atoms with Crippen molar-refractivity contribution in [2.24, 2.45) is 5.92 Å². The Labute approximate surface area is 133 Å². The Hall–Kier alpha value is -1.51. The molecule has 22 heavy (non-hydrogen) atoms. The van der Waals surface area contributed by atoms with Crippen LogP contribution in [-0.2, 0) is 16.6 Å². The lowest BCUT2D eigenvalue weighted by atomic mass is 9.67. The fourth-order valence-corrected chi connectivity index (χ4v) is 4.16. The van der Waals surface area contributed by atoms with E-state index in [1.807, 2.05) is 25.7 Å². The maximum atomic E-state index is 12.3. The summed E-state index contributed by atoms with van der Waals surface area (Å²) in [4.78, 5) is 14.2. The van der Waals surface area contributed by atoms with Crippen molar-refractivity contribution in [1.29, 1.82) is 0 Å². The van der Waals surface area contributed by atoms with Gasteiger partial charge in [-0.15, -0.1) is 0 Å². The lowest BCUT2D eigenvalue weighted by Gasteiger charge is -2.45. The monoisotopic (exact) mass is 301 g/mol. The average molecular weight is 301 g/mol. The van der Waals surface area contributed by atoms with Gasteiger partial charge in [0.15, 0.2) is 0 Å². The summed E-state index contributed by atoms with van der Waals surface area (Å²) in [7, 11) is 0. The summed E-state index contributed by atoms with van der Waals surface area (Å²) in [5.74, 6) is 0.470. The summed E-state index contributed by atoms with van der Waals surface area (Å²) < 4.78 is 5.53. The van der Waals surface area contributed by atoms with Gasteiger partial charge in [-0.1, -0.05) is 31.2 Å². The number of benzene rings is 1. The highest BCUT2D eigenvalue weighted by atomic mass is 16.6. The van der Waals surface area contributed by atoms with E-state index in [4.69, 9.17) is 4.74 Å². The Morgan fingerprint density at radius 1 is 1.27 bits per heavy atom. The van der Waals surface area contributed by atoms with Gasteiger partial charge in [0.2, 0.25) is 0 Å². The largest absolute Gasteiger partial charge is 0.444 e. The number of hydrogen-bond donors (Lipinski definition) is 0. The van der Waals surface area contributed by atoms with E-state index in [2.05, 4.69) is 31.2 Å². The summed E-state index contributed by atoms with van der Waals surface area (Å²) >= 11 is 0. The second-order valence-electron chi connectivity index (χ2n) is 7.89. The minimum absolute atomic E-state index is 0.166. The Morgan fingerprint density at radius 2 is 2.00 bits per heavy atom. The number of ether oxygens (including phenoxy) is 1. The van der Waals surface area contributed by atoms with Crippen LogP contribution in [0, 0.1) is 5.92 Å². The topological polar surface area (TPSA) is 29.5 Å². The van der Waals surface area contributed by atoms with Crippen LogP contribution < -0.4 is 0 Å². The molecule has 1 fully saturated rings. The number of likely N-dealkylation sites (tertiary alicyclic amines) is 1. The molecule has 1 heterocycles. The normalized spacial score (nSPS) is 27.8. The molecule has 3 rings (SSSR count). The highest BCUT2D eigenvalue weighted by Crippen LogP contribution is 2.49. The van der Waals surface area contributed by atoms with E-state index in [9.17, 15) is 4.79 Å². The van der Waals surface area contributed by atoms with E-state index in [-0.39, 0.29) is 11.5 Å². The summed E-state index contributed by atoms with van der Waals surface area (Å²) in [5.41, 5.74) is 2.86. The van der Waals surface area contributed by atoms with Crippen molar-refractivity contribution in [1.82, 2.24) is 4.90 Å². The third-order valence-electron chi connectivity index (χ3n) is 5.31. The van der Waals surface area contributed by atoms with Crippen LogP contribution in [0.25, 0.3) is 0 Å². The van der Waals surface area contributed by atoms with Crippen molar-refractivity contribution in [2.45, 2.75) is 58.0 Å². The molecular formula is C19H27NO2. The van der Waals surface area contributed by atoms with Crippen LogP contribution in [0.3, 0.4) is 0 Å². The molecule has 2 atom stereocenters. The number of carbonyl (C=O) groups is 1. The minimum atomic E-state index is -0.421. The van der Waals surface area contributed by atoms with Gasteiger partial charge in [0.1, 0.15) is 5.60 Å². The van der Waals surface area contributed by atoms with Crippen molar-refractivity contribution in [3.8, 4) is 0 Å². The molecule has 1 amide bonds. The van der Waals surface area contributed by atoms with E-state index in [1.54, 1.807) is 0 Å². The Morgan fingerprint density at radius 3 is 2.68 bits per heavy atom. The molecule has 1 aromatic carbocycles. The first-order chi connectivity index (χ1) is 10.3. The lowest BCUT2D eigenvalue weighted by Crippen LogP contribution is -2.51. The molecular weight excluding hydrogens is 274 g/mol. The Kier molecular flexibility index (Phi) is 3.70. The zero-order valence-electron chi connectivity index (χ0n) is 14.2. The minimum Gasteiger partial charge on any atom is -0.444 e. The SMILES string of the molecule is C[C@@H]1CN(C(=O)OC(C)(C)C)CC[C@@]12CCc1ccccc12. The molecule has 1 aromatic rings. The summed E-state index contributed by atoms with van der Waals surface area (Å²) in [5, 5.41) is 0. The highest BCUT2D eigenvalue weighted by Gasteiger charge is 2.46. The molecule has 0 unspecified atom stereocenters. The average Bonchev–Trinajstić information content (AvgIpc) is 2.80. The highest BCUT2D eigenvalue weighted by molar-refractivity contribution is 5.68. The maximum Gasteiger partial charge on any atom is 0.410 e. The van der Waals surface area contributed by atoms with Crippen molar-refractivity contribution < 1.29 is 9.53 Å². The van der Waals surface area contributed by atoms with Gasteiger partial charge < -0.3 is 9.64 Å². The summed E-state index contributed by atoms with van der Waals surface area (Å²) in [6.07, 6.45) is 3.27. The number of amides is 1. The first-order valence-electron chi connectivity index (χ1n) is 8.38. The standard InChI is InChI=1S/C19H27NO2/c1-14-13-20(17(21)22-18(2,3)4)12-11-19(14)10-9-15-7-5-6-8-16(15)19/h5-8,14H,9-13H2,1-4H3/t14-,19+/m1/s1. The number of aryl methyl sites for hydroxylation is 1. The Bertz CT molecular complexity index is 575. The van der Waals surface area contributed by atoms with Crippen molar-refractivity contribution >= 4 is 6.09 Å². The van der Waals surface area contributed by atoms with Crippen LogP contribution in [0.4, 0.5) is 4.79 Å². The number of carbonyl (C=O) groups excluding carboxylic acids is 1. The molecule has 0 bridgehead atoms. The molecule has 0 N–H and O–H groups in total. The van der Waals surface area contributed by atoms with E-state index >= 15 is 0 Å². The second kappa shape index (κ2) is 5.29. The van der Waals surface area contributed by atoms with E-state index < -0.39 is 5.60 Å². The molecule has 1 saturated heterocycles. The molecule has 120 valence electrons. The van der Waals surface area contributed by atoms with Crippen LogP contribution >= 0.6 is 0 Å². The lowest BCUT2D eigenvalue weighted by molar-refractivity contribution is 0.00767. The molecule has 3 nitrogen and oxygen atoms in total. The van der Waals surface area contributed by atoms with Gasteiger partial charge in [-0.05, 0) is 57.1 Å². The molecule has 0 radical (unpaired) electrons. The second-order valence-corrected chi connectivity index (χ2v) is 7.89. The smallest absolute Gasteiger partial charge is 0.410 e. The first kappa shape index (κ1) is 15.4. The van der Waals surface area contributed by atoms with Gasteiger partial charge >= 0.3 is 6.09 Å². The molecule has 0 saturated carbocycles. The van der Waals surface area contributed by atoms with Crippen LogP contribution in [0.1, 0.15) is 51.7 Å². The third-order valence-corrected chi connectivity index (χ3v) is 5.31.